The fourth-order valence-corrected chi connectivity index (χ4v) is 0.0373. The maximum atomic E-state index is 9.56. The van der Waals surface area contributed by atoms with Crippen LogP contribution in [0.3, 0.4) is 0 Å². The molecule has 0 spiro atoms. The molecule has 0 aromatic heterocycles. The van der Waals surface area contributed by atoms with Crippen molar-refractivity contribution >= 4 is 19.9 Å². The highest BCUT2D eigenvalue weighted by Gasteiger charge is 2.00. The van der Waals surface area contributed by atoms with E-state index in [2.05, 4.69) is 0 Å². The van der Waals surface area contributed by atoms with Gasteiger partial charge in [0.25, 0.3) is 0 Å². The number of Topliss-reactive ketones (excluding diaryl/α,β-unsaturated/α-hetero) is 1. The highest BCUT2D eigenvalue weighted by molar-refractivity contribution is 7.45. The molecule has 66 valence electrons. The van der Waals surface area contributed by atoms with Crippen LogP contribution < -0.4 is 0 Å². The predicted octanol–water partition coefficient (Wildman–Crippen LogP) is -2.18. The van der Waals surface area contributed by atoms with Crippen molar-refractivity contribution in [3.8, 4) is 0 Å². The zero-order valence-corrected chi connectivity index (χ0v) is 6.14. The Morgan fingerprint density at radius 3 is 1.64 bits per heavy atom. The molecule has 4 N–H and O–H groups in total. The number of aliphatic hydroxyl groups is 1. The van der Waals surface area contributed by atoms with Gasteiger partial charge in [-0.25, -0.2) is 4.57 Å². The van der Waals surface area contributed by atoms with Gasteiger partial charge in [-0.15, -0.1) is 0 Å². The van der Waals surface area contributed by atoms with Gasteiger partial charge in [-0.3, -0.25) is 9.59 Å². The van der Waals surface area contributed by atoms with Crippen LogP contribution in [0.1, 0.15) is 0 Å². The van der Waals surface area contributed by atoms with E-state index in [1.54, 1.807) is 0 Å². The maximum absolute atomic E-state index is 9.56. The van der Waals surface area contributed by atoms with Gasteiger partial charge in [0.1, 0.15) is 6.61 Å². The quantitative estimate of drug-likeness (QED) is 0.219. The topological polar surface area (TPSA) is 132 Å². The van der Waals surface area contributed by atoms with Crippen LogP contribution >= 0.6 is 7.82 Å². The fourth-order valence-electron chi connectivity index (χ4n) is 0.0373. The van der Waals surface area contributed by atoms with Crippen molar-refractivity contribution in [2.24, 2.45) is 0 Å². The lowest BCUT2D eigenvalue weighted by atomic mass is 10.5. The van der Waals surface area contributed by atoms with Crippen molar-refractivity contribution in [3.05, 3.63) is 0 Å². The average Bonchev–Trinajstić information content (AvgIpc) is 1.83. The summed E-state index contributed by atoms with van der Waals surface area (Å²) < 4.78 is 8.88. The minimum absolute atomic E-state index is 0.0833. The Morgan fingerprint density at radius 1 is 1.36 bits per heavy atom. The standard InChI is InChI=1S/C3H4O3.H3O4P/c4-1-3(6)2-5;1-5(2,3)4/h1,5H,2H2;(H3,1,2,3,4). The smallest absolute Gasteiger partial charge is 0.388 e. The number of carbonyl (C=O) groups is 2. The van der Waals surface area contributed by atoms with Gasteiger partial charge in [0.05, 0.1) is 0 Å². The van der Waals surface area contributed by atoms with Gasteiger partial charge < -0.3 is 19.8 Å². The zero-order valence-electron chi connectivity index (χ0n) is 5.25. The number of aldehydes is 1. The van der Waals surface area contributed by atoms with E-state index in [0.717, 1.165) is 0 Å². The molecule has 0 aliphatic rings. The molecule has 8 heteroatoms. The Morgan fingerprint density at radius 2 is 1.64 bits per heavy atom. The number of hydrogen-bond acceptors (Lipinski definition) is 4. The van der Waals surface area contributed by atoms with Gasteiger partial charge in [-0.05, 0) is 0 Å². The number of carbonyl (C=O) groups excluding carboxylic acids is 2. The third-order valence-electron chi connectivity index (χ3n) is 0.287. The molecule has 0 atom stereocenters. The fraction of sp³-hybridized carbons (Fsp3) is 0.333. The number of aliphatic hydroxyl groups excluding tert-OH is 1. The van der Waals surface area contributed by atoms with Crippen LogP contribution in [0, 0.1) is 0 Å². The predicted molar refractivity (Wildman–Crippen MR) is 32.4 cm³/mol. The maximum Gasteiger partial charge on any atom is 0.466 e. The van der Waals surface area contributed by atoms with Gasteiger partial charge in [-0.1, -0.05) is 0 Å². The molecule has 0 saturated carbocycles. The molecule has 0 radical (unpaired) electrons. The molecule has 0 fully saturated rings. The molecule has 0 rings (SSSR count). The van der Waals surface area contributed by atoms with E-state index in [4.69, 9.17) is 24.4 Å². The summed E-state index contributed by atoms with van der Waals surface area (Å²) in [5.74, 6) is -0.782. The summed E-state index contributed by atoms with van der Waals surface area (Å²) in [6.07, 6.45) is 0.0833. The van der Waals surface area contributed by atoms with Crippen molar-refractivity contribution in [1.29, 1.82) is 0 Å². The van der Waals surface area contributed by atoms with Crippen LogP contribution in [0.2, 0.25) is 0 Å². The number of hydrogen-bond donors (Lipinski definition) is 4. The summed E-state index contributed by atoms with van der Waals surface area (Å²) in [6.45, 7) is -0.677. The molecule has 0 heterocycles. The summed E-state index contributed by atoms with van der Waals surface area (Å²) in [7, 11) is -4.64. The highest BCUT2D eigenvalue weighted by atomic mass is 31.2. The van der Waals surface area contributed by atoms with Crippen LogP contribution in [0.25, 0.3) is 0 Å². The summed E-state index contributed by atoms with van der Waals surface area (Å²) in [5, 5.41) is 7.75. The molecule has 0 aromatic rings. The summed E-state index contributed by atoms with van der Waals surface area (Å²) >= 11 is 0. The molecular weight excluding hydrogens is 179 g/mol. The largest absolute Gasteiger partial charge is 0.466 e. The van der Waals surface area contributed by atoms with E-state index in [1.807, 2.05) is 0 Å². The van der Waals surface area contributed by atoms with Gasteiger partial charge >= 0.3 is 7.82 Å². The van der Waals surface area contributed by atoms with Gasteiger partial charge in [-0.2, -0.15) is 0 Å². The second kappa shape index (κ2) is 6.14. The van der Waals surface area contributed by atoms with E-state index < -0.39 is 20.2 Å². The van der Waals surface area contributed by atoms with E-state index in [1.165, 1.54) is 0 Å². The van der Waals surface area contributed by atoms with Crippen LogP contribution in [0.15, 0.2) is 0 Å². The third-order valence-corrected chi connectivity index (χ3v) is 0.287. The van der Waals surface area contributed by atoms with Crippen LogP contribution in [-0.4, -0.2) is 38.5 Å². The van der Waals surface area contributed by atoms with Crippen molar-refractivity contribution < 1.29 is 33.9 Å². The Balaban J connectivity index is 0. The minimum atomic E-state index is -4.64. The van der Waals surface area contributed by atoms with Crippen LogP contribution in [0.4, 0.5) is 0 Å². The van der Waals surface area contributed by atoms with Crippen molar-refractivity contribution in [3.63, 3.8) is 0 Å². The first-order valence-electron chi connectivity index (χ1n) is 2.18. The summed E-state index contributed by atoms with van der Waals surface area (Å²) in [6, 6.07) is 0. The number of rotatable bonds is 2. The molecule has 11 heavy (non-hydrogen) atoms. The Bertz CT molecular complexity index is 160. The second-order valence-corrected chi connectivity index (χ2v) is 2.28. The Hall–Kier alpha value is -0.590. The number of ketones is 1. The molecule has 7 nitrogen and oxygen atoms in total. The monoisotopic (exact) mass is 186 g/mol. The van der Waals surface area contributed by atoms with Crippen LogP contribution in [0.5, 0.6) is 0 Å². The normalized spacial score (nSPS) is 9.45. The van der Waals surface area contributed by atoms with Crippen molar-refractivity contribution in [2.45, 2.75) is 0 Å². The molecule has 0 amide bonds. The summed E-state index contributed by atoms with van der Waals surface area (Å²) in [4.78, 5) is 40.4. The molecule has 0 saturated heterocycles. The van der Waals surface area contributed by atoms with E-state index >= 15 is 0 Å². The van der Waals surface area contributed by atoms with E-state index in [-0.39, 0.29) is 6.29 Å². The molecule has 0 aromatic carbocycles. The van der Waals surface area contributed by atoms with Crippen molar-refractivity contribution in [1.82, 2.24) is 0 Å². The lowest BCUT2D eigenvalue weighted by molar-refractivity contribution is -0.131. The molecule has 0 bridgehead atoms. The molecule has 0 aliphatic heterocycles. The molecule has 0 unspecified atom stereocenters. The molecular formula is C3H7O7P. The SMILES string of the molecule is O=CC(=O)CO.O=P(O)(O)O. The Labute approximate surface area is 61.5 Å². The molecule has 0 aliphatic carbocycles. The third kappa shape index (κ3) is 44.4. The summed E-state index contributed by atoms with van der Waals surface area (Å²) in [5.41, 5.74) is 0. The average molecular weight is 186 g/mol. The first-order valence-corrected chi connectivity index (χ1v) is 3.75. The first-order chi connectivity index (χ1) is 4.81. The van der Waals surface area contributed by atoms with Gasteiger partial charge in [0, 0.05) is 0 Å². The first kappa shape index (κ1) is 13.0. The number of phosphoric acid groups is 1. The highest BCUT2D eigenvalue weighted by Crippen LogP contribution is 2.25. The second-order valence-electron chi connectivity index (χ2n) is 1.26. The lowest BCUT2D eigenvalue weighted by Gasteiger charge is -1.82. The van der Waals surface area contributed by atoms with Crippen LogP contribution in [-0.2, 0) is 14.2 Å². The van der Waals surface area contributed by atoms with Gasteiger partial charge in [0.2, 0.25) is 5.78 Å². The lowest BCUT2D eigenvalue weighted by Crippen LogP contribution is -2.02. The van der Waals surface area contributed by atoms with E-state index in [9.17, 15) is 9.59 Å². The Kier molecular flexibility index (Phi) is 7.28. The zero-order chi connectivity index (χ0) is 9.49. The minimum Gasteiger partial charge on any atom is -0.388 e. The van der Waals surface area contributed by atoms with Crippen molar-refractivity contribution in [2.75, 3.05) is 6.61 Å². The van der Waals surface area contributed by atoms with E-state index in [0.29, 0.717) is 0 Å². The van der Waals surface area contributed by atoms with Gasteiger partial charge in [0.15, 0.2) is 6.29 Å².